The van der Waals surface area contributed by atoms with Gasteiger partial charge in [0.15, 0.2) is 5.96 Å². The van der Waals surface area contributed by atoms with Crippen LogP contribution in [0.2, 0.25) is 0 Å². The lowest BCUT2D eigenvalue weighted by Crippen LogP contribution is -2.45. The first-order valence-electron chi connectivity index (χ1n) is 8.47. The van der Waals surface area contributed by atoms with Crippen molar-refractivity contribution in [1.29, 1.82) is 0 Å². The van der Waals surface area contributed by atoms with Gasteiger partial charge in [0.2, 0.25) is 0 Å². The Kier molecular flexibility index (Phi) is 7.69. The molecule has 1 unspecified atom stereocenters. The van der Waals surface area contributed by atoms with Crippen LogP contribution in [0.3, 0.4) is 0 Å². The third-order valence-electron chi connectivity index (χ3n) is 4.17. The van der Waals surface area contributed by atoms with Crippen molar-refractivity contribution in [3.63, 3.8) is 0 Å². The van der Waals surface area contributed by atoms with Crippen molar-refractivity contribution in [2.45, 2.75) is 31.5 Å². The molecule has 1 aliphatic heterocycles. The smallest absolute Gasteiger partial charge is 0.356 e. The molecule has 1 heterocycles. The first-order valence-corrected chi connectivity index (χ1v) is 9.26. The molecule has 4 nitrogen and oxygen atoms in total. The molecule has 0 bridgehead atoms. The summed E-state index contributed by atoms with van der Waals surface area (Å²) in [6.45, 7) is 0.464. The fraction of sp³-hybridized carbons (Fsp3) is 0.588. The average molecular weight is 439 g/mol. The molecule has 9 heteroatoms. The summed E-state index contributed by atoms with van der Waals surface area (Å²) in [5, 5.41) is 6.28. The molecule has 0 radical (unpaired) electrons. The summed E-state index contributed by atoms with van der Waals surface area (Å²) < 4.78 is 51.8. The van der Waals surface area contributed by atoms with E-state index >= 15 is 0 Å². The minimum absolute atomic E-state index is 0.0625. The molecule has 1 aromatic rings. The van der Waals surface area contributed by atoms with E-state index in [-0.39, 0.29) is 11.9 Å². The molecule has 0 saturated carbocycles. The topological polar surface area (TPSA) is 39.7 Å². The number of hydrogen-bond acceptors (Lipinski definition) is 2. The van der Waals surface area contributed by atoms with E-state index in [0.29, 0.717) is 54.9 Å². The third kappa shape index (κ3) is 7.11. The zero-order valence-corrected chi connectivity index (χ0v) is 16.1. The number of nitrogens with one attached hydrogen (secondary N) is 2. The van der Waals surface area contributed by atoms with Gasteiger partial charge in [-0.05, 0) is 37.0 Å². The lowest BCUT2D eigenvalue weighted by Gasteiger charge is -2.19. The number of likely N-dealkylation sites (tertiary alicyclic amines) is 1. The van der Waals surface area contributed by atoms with Crippen molar-refractivity contribution in [2.24, 2.45) is 4.99 Å². The predicted molar refractivity (Wildman–Crippen MR) is 97.8 cm³/mol. The van der Waals surface area contributed by atoms with Crippen molar-refractivity contribution in [3.8, 4) is 0 Å². The molecule has 1 saturated heterocycles. The number of guanidine groups is 1. The van der Waals surface area contributed by atoms with E-state index in [1.54, 1.807) is 19.2 Å². The monoisotopic (exact) mass is 438 g/mol. The summed E-state index contributed by atoms with van der Waals surface area (Å²) in [5.41, 5.74) is 0.650. The molecule has 1 aliphatic rings. The molecule has 26 heavy (non-hydrogen) atoms. The Labute approximate surface area is 159 Å². The van der Waals surface area contributed by atoms with Crippen molar-refractivity contribution in [3.05, 3.63) is 34.1 Å². The quantitative estimate of drug-likeness (QED) is 0.309. The maximum absolute atomic E-state index is 13.8. The van der Waals surface area contributed by atoms with Crippen molar-refractivity contribution in [2.75, 3.05) is 33.2 Å². The normalized spacial score (nSPS) is 19.0. The molecule has 2 N–H and O–H groups in total. The number of alkyl halides is 3. The minimum atomic E-state index is -4.17. The number of aryl methyl sites for hydroxylation is 1. The lowest BCUT2D eigenvalue weighted by atomic mass is 10.1. The van der Waals surface area contributed by atoms with Crippen LogP contribution in [0, 0.1) is 5.82 Å². The molecule has 1 atom stereocenters. The maximum atomic E-state index is 13.8. The molecule has 0 aromatic heterocycles. The van der Waals surface area contributed by atoms with Crippen LogP contribution >= 0.6 is 15.9 Å². The maximum Gasteiger partial charge on any atom is 0.401 e. The molecule has 0 spiro atoms. The summed E-state index contributed by atoms with van der Waals surface area (Å²) in [4.78, 5) is 5.49. The van der Waals surface area contributed by atoms with Gasteiger partial charge < -0.3 is 10.6 Å². The van der Waals surface area contributed by atoms with E-state index < -0.39 is 12.7 Å². The molecule has 2 rings (SSSR count). The summed E-state index contributed by atoms with van der Waals surface area (Å²) in [6.07, 6.45) is -2.23. The molecule has 0 aliphatic carbocycles. The van der Waals surface area contributed by atoms with Crippen LogP contribution in [-0.2, 0) is 6.42 Å². The highest BCUT2D eigenvalue weighted by Crippen LogP contribution is 2.20. The van der Waals surface area contributed by atoms with Gasteiger partial charge in [-0.1, -0.05) is 22.0 Å². The first-order chi connectivity index (χ1) is 12.3. The standard InChI is InChI=1S/C17H23BrF4N4/c1-23-16(25-14-6-8-26(10-14)11-17(20,21)22)24-7-2-3-12-4-5-13(18)9-15(12)19/h4-5,9,14H,2-3,6-8,10-11H2,1H3,(H2,23,24,25). The fourth-order valence-corrected chi connectivity index (χ4v) is 3.28. The predicted octanol–water partition coefficient (Wildman–Crippen LogP) is 3.32. The number of rotatable bonds is 6. The number of nitrogens with zero attached hydrogens (tertiary/aromatic N) is 2. The van der Waals surface area contributed by atoms with Crippen LogP contribution in [-0.4, -0.2) is 56.3 Å². The Morgan fingerprint density at radius 1 is 1.38 bits per heavy atom. The minimum Gasteiger partial charge on any atom is -0.356 e. The van der Waals surface area contributed by atoms with E-state index in [2.05, 4.69) is 31.6 Å². The molecule has 1 fully saturated rings. The molecular formula is C17H23BrF4N4. The summed E-state index contributed by atoms with van der Waals surface area (Å²) >= 11 is 3.23. The summed E-state index contributed by atoms with van der Waals surface area (Å²) in [7, 11) is 1.62. The highest BCUT2D eigenvalue weighted by Gasteiger charge is 2.34. The number of benzene rings is 1. The zero-order chi connectivity index (χ0) is 19.2. The fourth-order valence-electron chi connectivity index (χ4n) is 2.95. The highest BCUT2D eigenvalue weighted by atomic mass is 79.9. The van der Waals surface area contributed by atoms with E-state index in [4.69, 9.17) is 0 Å². The van der Waals surface area contributed by atoms with Gasteiger partial charge in [0.05, 0.1) is 6.54 Å². The molecule has 1 aromatic carbocycles. The van der Waals surface area contributed by atoms with Crippen molar-refractivity contribution >= 4 is 21.9 Å². The number of aliphatic imine (C=N–C) groups is 1. The van der Waals surface area contributed by atoms with Crippen molar-refractivity contribution < 1.29 is 17.6 Å². The van der Waals surface area contributed by atoms with Gasteiger partial charge in [-0.15, -0.1) is 0 Å². The van der Waals surface area contributed by atoms with Crippen LogP contribution in [0.25, 0.3) is 0 Å². The number of hydrogen-bond donors (Lipinski definition) is 2. The van der Waals surface area contributed by atoms with Crippen LogP contribution < -0.4 is 10.6 Å². The van der Waals surface area contributed by atoms with Gasteiger partial charge in [-0.25, -0.2) is 4.39 Å². The van der Waals surface area contributed by atoms with Crippen LogP contribution in [0.15, 0.2) is 27.7 Å². The first kappa shape index (κ1) is 21.0. The summed E-state index contributed by atoms with van der Waals surface area (Å²) in [5.74, 6) is 0.317. The SMILES string of the molecule is CN=C(NCCCc1ccc(Br)cc1F)NC1CCN(CC(F)(F)F)C1. The Bertz CT molecular complexity index is 621. The zero-order valence-electron chi connectivity index (χ0n) is 14.5. The van der Waals surface area contributed by atoms with Gasteiger partial charge in [0.1, 0.15) is 5.82 Å². The molecular weight excluding hydrogens is 416 g/mol. The van der Waals surface area contributed by atoms with Crippen LogP contribution in [0.5, 0.6) is 0 Å². The molecule has 146 valence electrons. The highest BCUT2D eigenvalue weighted by molar-refractivity contribution is 9.10. The van der Waals surface area contributed by atoms with E-state index in [9.17, 15) is 17.6 Å². The van der Waals surface area contributed by atoms with Crippen LogP contribution in [0.4, 0.5) is 17.6 Å². The third-order valence-corrected chi connectivity index (χ3v) is 4.66. The van der Waals surface area contributed by atoms with Gasteiger partial charge >= 0.3 is 6.18 Å². The lowest BCUT2D eigenvalue weighted by molar-refractivity contribution is -0.143. The Morgan fingerprint density at radius 3 is 2.81 bits per heavy atom. The second kappa shape index (κ2) is 9.55. The van der Waals surface area contributed by atoms with E-state index in [1.165, 1.54) is 11.0 Å². The van der Waals surface area contributed by atoms with E-state index in [0.717, 1.165) is 0 Å². The Balaban J connectivity index is 1.70. The van der Waals surface area contributed by atoms with Gasteiger partial charge in [-0.2, -0.15) is 13.2 Å². The van der Waals surface area contributed by atoms with Gasteiger partial charge in [0, 0.05) is 37.2 Å². The Hall–Kier alpha value is -1.35. The second-order valence-electron chi connectivity index (χ2n) is 6.32. The summed E-state index contributed by atoms with van der Waals surface area (Å²) in [6, 6.07) is 4.93. The van der Waals surface area contributed by atoms with E-state index in [1.807, 2.05) is 0 Å². The second-order valence-corrected chi connectivity index (χ2v) is 7.23. The number of halogens is 5. The van der Waals surface area contributed by atoms with Gasteiger partial charge in [-0.3, -0.25) is 9.89 Å². The van der Waals surface area contributed by atoms with Gasteiger partial charge in [0.25, 0.3) is 0 Å². The van der Waals surface area contributed by atoms with Crippen molar-refractivity contribution in [1.82, 2.24) is 15.5 Å². The Morgan fingerprint density at radius 2 is 2.15 bits per heavy atom. The van der Waals surface area contributed by atoms with Crippen LogP contribution in [0.1, 0.15) is 18.4 Å². The largest absolute Gasteiger partial charge is 0.401 e. The molecule has 0 amide bonds. The average Bonchev–Trinajstić information content (AvgIpc) is 2.97.